The summed E-state index contributed by atoms with van der Waals surface area (Å²) in [6.07, 6.45) is 0. The molecule has 0 heterocycles. The van der Waals surface area contributed by atoms with E-state index in [9.17, 15) is 0 Å². The molecule has 0 N–H and O–H groups in total. The van der Waals surface area contributed by atoms with Crippen LogP contribution in [0.5, 0.6) is 0 Å². The first kappa shape index (κ1) is 12.6. The topological polar surface area (TPSA) is 0 Å². The van der Waals surface area contributed by atoms with Crippen molar-refractivity contribution in [3.8, 4) is 0 Å². The van der Waals surface area contributed by atoms with E-state index in [0.717, 1.165) is 3.93 Å². The Bertz CT molecular complexity index is 117. The average molecular weight is 370 g/mol. The van der Waals surface area contributed by atoms with Crippen LogP contribution in [0, 0.1) is 0 Å². The molecular weight excluding hydrogens is 346 g/mol. The van der Waals surface area contributed by atoms with Crippen LogP contribution in [0.3, 0.4) is 0 Å². The summed E-state index contributed by atoms with van der Waals surface area (Å²) in [6.45, 7) is 2.50. The fourth-order valence-electron chi connectivity index (χ4n) is 1.22. The van der Waals surface area contributed by atoms with Gasteiger partial charge in [0.2, 0.25) is 0 Å². The molecule has 0 aromatic rings. The van der Waals surface area contributed by atoms with E-state index in [2.05, 4.69) is 36.6 Å². The van der Waals surface area contributed by atoms with Crippen molar-refractivity contribution in [2.75, 3.05) is 0 Å². The Labute approximate surface area is 80.9 Å². The Kier molecular flexibility index (Phi) is 4.82. The van der Waals surface area contributed by atoms with Gasteiger partial charge in [0.15, 0.2) is 0 Å². The third-order valence-corrected chi connectivity index (χ3v) is 20.0. The van der Waals surface area contributed by atoms with Crippen molar-refractivity contribution in [2.45, 2.75) is 44.9 Å². The number of hydrogen-bond donors (Lipinski definition) is 0. The third kappa shape index (κ3) is 6.73. The first-order chi connectivity index (χ1) is 4.63. The molecule has 0 aliphatic carbocycles. The van der Waals surface area contributed by atoms with E-state index in [1.165, 1.54) is 0 Å². The molecule has 0 aromatic heterocycles. The van der Waals surface area contributed by atoms with Gasteiger partial charge in [-0.3, -0.25) is 0 Å². The number of rotatable bonds is 3. The van der Waals surface area contributed by atoms with Gasteiger partial charge in [0.25, 0.3) is 0 Å². The third-order valence-electron chi connectivity index (χ3n) is 2.40. The van der Waals surface area contributed by atoms with Crippen molar-refractivity contribution < 1.29 is 0 Å². The predicted octanol–water partition coefficient (Wildman–Crippen LogP) is 4.05. The normalized spacial score (nSPS) is 16.6. The second kappa shape index (κ2) is 4.21. The summed E-state index contributed by atoms with van der Waals surface area (Å²) in [5.41, 5.74) is 0. The molecule has 0 aliphatic heterocycles. The SMILES string of the molecule is C[CH]([CH2][Sn]([CH3])([CH3])[CH3])[Sn]([CH3])([CH3])[CH3]. The zero-order chi connectivity index (χ0) is 9.28. The molecule has 0 aliphatic rings. The van der Waals surface area contributed by atoms with E-state index in [4.69, 9.17) is 0 Å². The molecule has 2 heteroatoms. The molecule has 0 radical (unpaired) electrons. The van der Waals surface area contributed by atoms with Crippen LogP contribution in [-0.2, 0) is 0 Å². The van der Waals surface area contributed by atoms with Gasteiger partial charge in [0.05, 0.1) is 0 Å². The summed E-state index contributed by atoms with van der Waals surface area (Å²) in [5, 5.41) is 0. The molecule has 1 unspecified atom stereocenters. The van der Waals surface area contributed by atoms with Gasteiger partial charge in [0.1, 0.15) is 0 Å². The summed E-state index contributed by atoms with van der Waals surface area (Å²) in [4.78, 5) is 15.4. The molecule has 0 saturated carbocycles. The van der Waals surface area contributed by atoms with Gasteiger partial charge in [-0.15, -0.1) is 0 Å². The summed E-state index contributed by atoms with van der Waals surface area (Å²) in [7, 11) is 0. The van der Waals surface area contributed by atoms with Crippen molar-refractivity contribution in [2.24, 2.45) is 0 Å². The van der Waals surface area contributed by atoms with Gasteiger partial charge in [-0.05, 0) is 0 Å². The van der Waals surface area contributed by atoms with E-state index in [-0.39, 0.29) is 0 Å². The Morgan fingerprint density at radius 2 is 1.27 bits per heavy atom. The molecular formula is C9H24Sn2. The van der Waals surface area contributed by atoms with E-state index in [1.807, 2.05) is 0 Å². The fraction of sp³-hybridized carbons (Fsp3) is 1.00. The Morgan fingerprint density at radius 3 is 1.36 bits per heavy atom. The maximum absolute atomic E-state index is 2.57. The van der Waals surface area contributed by atoms with Crippen LogP contribution < -0.4 is 0 Å². The van der Waals surface area contributed by atoms with Gasteiger partial charge in [0, 0.05) is 0 Å². The van der Waals surface area contributed by atoms with Crippen LogP contribution in [0.4, 0.5) is 0 Å². The average Bonchev–Trinajstić information content (AvgIpc) is 1.56. The van der Waals surface area contributed by atoms with Crippen molar-refractivity contribution in [3.05, 3.63) is 0 Å². The minimum atomic E-state index is -1.50. The summed E-state index contributed by atoms with van der Waals surface area (Å²) in [5.74, 6) is 0. The Hall–Kier alpha value is 1.60. The minimum absolute atomic E-state index is 1.11. The van der Waals surface area contributed by atoms with E-state index < -0.39 is 36.8 Å². The molecule has 0 amide bonds. The molecule has 0 bridgehead atoms. The molecule has 0 spiro atoms. The summed E-state index contributed by atoms with van der Waals surface area (Å²) in [6, 6.07) is 0. The molecule has 11 heavy (non-hydrogen) atoms. The van der Waals surface area contributed by atoms with Gasteiger partial charge in [-0.25, -0.2) is 0 Å². The Balaban J connectivity index is 3.99. The monoisotopic (exact) mass is 372 g/mol. The molecule has 0 rings (SSSR count). The first-order valence-corrected chi connectivity index (χ1v) is 25.4. The molecule has 1 atom stereocenters. The zero-order valence-corrected chi connectivity index (χ0v) is 15.0. The standard InChI is InChI=1S/C3H6.6CH3.2Sn/c1-3-2;;;;;;;;/h3H,1H2,2H3;6*1H3;;. The summed E-state index contributed by atoms with van der Waals surface area (Å²) < 4.78 is 2.73. The van der Waals surface area contributed by atoms with Crippen molar-refractivity contribution >= 4 is 36.8 Å². The van der Waals surface area contributed by atoms with Gasteiger partial charge in [-0.2, -0.15) is 0 Å². The number of hydrogen-bond acceptors (Lipinski definition) is 0. The van der Waals surface area contributed by atoms with Gasteiger partial charge >= 0.3 is 81.7 Å². The van der Waals surface area contributed by atoms with Crippen LogP contribution in [0.25, 0.3) is 0 Å². The van der Waals surface area contributed by atoms with Crippen LogP contribution in [0.15, 0.2) is 0 Å². The molecule has 0 fully saturated rings. The Morgan fingerprint density at radius 1 is 0.909 bits per heavy atom. The van der Waals surface area contributed by atoms with E-state index in [0.29, 0.717) is 0 Å². The first-order valence-electron chi connectivity index (χ1n) is 4.63. The van der Waals surface area contributed by atoms with Crippen molar-refractivity contribution in [3.63, 3.8) is 0 Å². The molecule has 0 nitrogen and oxygen atoms in total. The van der Waals surface area contributed by atoms with Crippen LogP contribution in [0.2, 0.25) is 38.0 Å². The van der Waals surface area contributed by atoms with Gasteiger partial charge < -0.3 is 0 Å². The van der Waals surface area contributed by atoms with E-state index >= 15 is 0 Å². The van der Waals surface area contributed by atoms with Crippen LogP contribution >= 0.6 is 0 Å². The van der Waals surface area contributed by atoms with Gasteiger partial charge in [-0.1, -0.05) is 0 Å². The molecule has 68 valence electrons. The van der Waals surface area contributed by atoms with E-state index in [1.54, 1.807) is 4.44 Å². The quantitative estimate of drug-likeness (QED) is 0.658. The molecule has 0 aromatic carbocycles. The predicted molar refractivity (Wildman–Crippen MR) is 60.9 cm³/mol. The zero-order valence-electron chi connectivity index (χ0n) is 9.28. The fourth-order valence-corrected chi connectivity index (χ4v) is 31.7. The van der Waals surface area contributed by atoms with Crippen LogP contribution in [0.1, 0.15) is 6.92 Å². The summed E-state index contributed by atoms with van der Waals surface area (Å²) >= 11 is -2.95. The molecule has 0 saturated heterocycles. The van der Waals surface area contributed by atoms with Crippen molar-refractivity contribution in [1.82, 2.24) is 0 Å². The second-order valence-electron chi connectivity index (χ2n) is 6.03. The van der Waals surface area contributed by atoms with Crippen LogP contribution in [-0.4, -0.2) is 36.8 Å². The maximum atomic E-state index is 2.57. The van der Waals surface area contributed by atoms with Crippen molar-refractivity contribution in [1.29, 1.82) is 0 Å². The second-order valence-corrected chi connectivity index (χ2v) is 38.1.